The summed E-state index contributed by atoms with van der Waals surface area (Å²) >= 11 is 0. The Morgan fingerprint density at radius 2 is 2.18 bits per heavy atom. The van der Waals surface area contributed by atoms with Crippen LogP contribution in [0, 0.1) is 16.0 Å². The van der Waals surface area contributed by atoms with Gasteiger partial charge in [-0.15, -0.1) is 0 Å². The molecule has 0 heterocycles. The fourth-order valence-electron chi connectivity index (χ4n) is 1.35. The highest BCUT2D eigenvalue weighted by atomic mass is 16.6. The third kappa shape index (κ3) is 3.94. The van der Waals surface area contributed by atoms with Gasteiger partial charge in [0.1, 0.15) is 5.75 Å². The first kappa shape index (κ1) is 13.3. The van der Waals surface area contributed by atoms with Crippen molar-refractivity contribution in [1.82, 2.24) is 0 Å². The van der Waals surface area contributed by atoms with Crippen LogP contribution in [0.1, 0.15) is 20.3 Å². The van der Waals surface area contributed by atoms with E-state index in [1.807, 2.05) is 0 Å². The van der Waals surface area contributed by atoms with Gasteiger partial charge in [-0.2, -0.15) is 0 Å². The number of non-ortho nitro benzene ring substituents is 1. The van der Waals surface area contributed by atoms with Gasteiger partial charge in [-0.1, -0.05) is 20.3 Å². The molecule has 0 saturated carbocycles. The number of hydrogen-bond acceptors (Lipinski definition) is 4. The number of methoxy groups -OCH3 is 1. The number of nitrogens with one attached hydrogen (secondary N) is 1. The highest BCUT2D eigenvalue weighted by molar-refractivity contribution is 5.56. The normalized spacial score (nSPS) is 11.9. The highest BCUT2D eigenvalue weighted by Gasteiger charge is 2.10. The Labute approximate surface area is 101 Å². The van der Waals surface area contributed by atoms with Crippen molar-refractivity contribution in [2.24, 2.45) is 5.92 Å². The number of anilines is 1. The zero-order chi connectivity index (χ0) is 12.8. The lowest BCUT2D eigenvalue weighted by Gasteiger charge is -2.12. The largest absolute Gasteiger partial charge is 0.496 e. The summed E-state index contributed by atoms with van der Waals surface area (Å²) in [6.45, 7) is 5.03. The number of ether oxygens (including phenoxy) is 1. The first-order valence-electron chi connectivity index (χ1n) is 5.64. The fourth-order valence-corrected chi connectivity index (χ4v) is 1.35. The van der Waals surface area contributed by atoms with E-state index in [1.165, 1.54) is 19.2 Å². The second-order valence-corrected chi connectivity index (χ2v) is 4.07. The van der Waals surface area contributed by atoms with Crippen molar-refractivity contribution in [3.63, 3.8) is 0 Å². The van der Waals surface area contributed by atoms with E-state index < -0.39 is 4.92 Å². The molecule has 0 aliphatic rings. The van der Waals surface area contributed by atoms with Gasteiger partial charge in [0.15, 0.2) is 0 Å². The Kier molecular flexibility index (Phi) is 4.75. The average Bonchev–Trinajstić information content (AvgIpc) is 2.35. The standard InChI is InChI=1S/C12H18N2O3/c1-4-9(2)8-13-10-5-11(14(15)16)7-12(6-10)17-3/h5-7,9,13H,4,8H2,1-3H3. The molecule has 1 N–H and O–H groups in total. The zero-order valence-corrected chi connectivity index (χ0v) is 10.4. The van der Waals surface area contributed by atoms with Crippen molar-refractivity contribution in [2.75, 3.05) is 19.0 Å². The van der Waals surface area contributed by atoms with Crippen LogP contribution >= 0.6 is 0 Å². The van der Waals surface area contributed by atoms with Gasteiger partial charge in [0.2, 0.25) is 0 Å². The monoisotopic (exact) mass is 238 g/mol. The summed E-state index contributed by atoms with van der Waals surface area (Å²) in [5.74, 6) is 1.02. The van der Waals surface area contributed by atoms with E-state index in [1.54, 1.807) is 6.07 Å². The molecule has 5 nitrogen and oxygen atoms in total. The molecule has 0 spiro atoms. The summed E-state index contributed by atoms with van der Waals surface area (Å²) in [6.07, 6.45) is 1.07. The van der Waals surface area contributed by atoms with Crippen molar-refractivity contribution in [3.05, 3.63) is 28.3 Å². The summed E-state index contributed by atoms with van der Waals surface area (Å²) < 4.78 is 5.03. The third-order valence-corrected chi connectivity index (χ3v) is 2.69. The van der Waals surface area contributed by atoms with Crippen molar-refractivity contribution in [1.29, 1.82) is 0 Å². The second kappa shape index (κ2) is 6.08. The molecule has 5 heteroatoms. The van der Waals surface area contributed by atoms with Crippen molar-refractivity contribution < 1.29 is 9.66 Å². The number of nitro benzene ring substituents is 1. The predicted octanol–water partition coefficient (Wildman–Crippen LogP) is 3.06. The number of benzene rings is 1. The van der Waals surface area contributed by atoms with Crippen molar-refractivity contribution >= 4 is 11.4 Å². The highest BCUT2D eigenvalue weighted by Crippen LogP contribution is 2.25. The smallest absolute Gasteiger partial charge is 0.275 e. The molecule has 0 fully saturated rings. The molecule has 0 aliphatic carbocycles. The topological polar surface area (TPSA) is 64.4 Å². The lowest BCUT2D eigenvalue weighted by molar-refractivity contribution is -0.384. The van der Waals surface area contributed by atoms with E-state index >= 15 is 0 Å². The maximum atomic E-state index is 10.7. The minimum Gasteiger partial charge on any atom is -0.496 e. The maximum absolute atomic E-state index is 10.7. The van der Waals surface area contributed by atoms with Gasteiger partial charge in [-0.3, -0.25) is 10.1 Å². The molecule has 94 valence electrons. The molecule has 0 saturated heterocycles. The van der Waals surface area contributed by atoms with Crippen LogP contribution in [-0.4, -0.2) is 18.6 Å². The molecule has 1 aromatic carbocycles. The van der Waals surface area contributed by atoms with Crippen LogP contribution in [0.4, 0.5) is 11.4 Å². The van der Waals surface area contributed by atoms with Crippen molar-refractivity contribution in [3.8, 4) is 5.75 Å². The quantitative estimate of drug-likeness (QED) is 0.611. The molecular formula is C12H18N2O3. The Hall–Kier alpha value is -1.78. The first-order valence-corrected chi connectivity index (χ1v) is 5.64. The van der Waals surface area contributed by atoms with E-state index in [2.05, 4.69) is 19.2 Å². The van der Waals surface area contributed by atoms with E-state index in [4.69, 9.17) is 4.74 Å². The predicted molar refractivity (Wildman–Crippen MR) is 67.6 cm³/mol. The summed E-state index contributed by atoms with van der Waals surface area (Å²) in [4.78, 5) is 10.3. The summed E-state index contributed by atoms with van der Waals surface area (Å²) in [5.41, 5.74) is 0.757. The molecule has 0 aliphatic heterocycles. The van der Waals surface area contributed by atoms with E-state index in [0.717, 1.165) is 18.7 Å². The zero-order valence-electron chi connectivity index (χ0n) is 10.4. The number of nitro groups is 1. The van der Waals surface area contributed by atoms with Gasteiger partial charge in [-0.05, 0) is 5.92 Å². The molecular weight excluding hydrogens is 220 g/mol. The molecule has 0 amide bonds. The van der Waals surface area contributed by atoms with Gasteiger partial charge in [0, 0.05) is 24.4 Å². The van der Waals surface area contributed by atoms with Crippen LogP contribution in [0.5, 0.6) is 5.75 Å². The third-order valence-electron chi connectivity index (χ3n) is 2.69. The van der Waals surface area contributed by atoms with Crippen LogP contribution in [0.25, 0.3) is 0 Å². The van der Waals surface area contributed by atoms with Crippen LogP contribution in [0.2, 0.25) is 0 Å². The van der Waals surface area contributed by atoms with Gasteiger partial charge in [-0.25, -0.2) is 0 Å². The first-order chi connectivity index (χ1) is 8.06. The van der Waals surface area contributed by atoms with Crippen molar-refractivity contribution in [2.45, 2.75) is 20.3 Å². The average molecular weight is 238 g/mol. The Bertz CT molecular complexity index is 393. The summed E-state index contributed by atoms with van der Waals surface area (Å²) in [6, 6.07) is 4.69. The lowest BCUT2D eigenvalue weighted by atomic mass is 10.1. The Morgan fingerprint density at radius 1 is 1.47 bits per heavy atom. The lowest BCUT2D eigenvalue weighted by Crippen LogP contribution is -2.10. The number of rotatable bonds is 6. The Morgan fingerprint density at radius 3 is 2.71 bits per heavy atom. The minimum atomic E-state index is -0.420. The van der Waals surface area contributed by atoms with Gasteiger partial charge in [0.05, 0.1) is 18.1 Å². The minimum absolute atomic E-state index is 0.0380. The van der Waals surface area contributed by atoms with E-state index in [9.17, 15) is 10.1 Å². The number of nitrogens with zero attached hydrogens (tertiary/aromatic N) is 1. The summed E-state index contributed by atoms with van der Waals surface area (Å²) in [5, 5.41) is 13.9. The van der Waals surface area contributed by atoms with Crippen LogP contribution in [0.3, 0.4) is 0 Å². The SMILES string of the molecule is CCC(C)CNc1cc(OC)cc([N+](=O)[O-])c1. The second-order valence-electron chi connectivity index (χ2n) is 4.07. The molecule has 0 radical (unpaired) electrons. The van der Waals surface area contributed by atoms with Crippen LogP contribution < -0.4 is 10.1 Å². The molecule has 1 aromatic rings. The van der Waals surface area contributed by atoms with E-state index in [0.29, 0.717) is 11.7 Å². The summed E-state index contributed by atoms with van der Waals surface area (Å²) in [7, 11) is 1.50. The molecule has 0 bridgehead atoms. The molecule has 0 aromatic heterocycles. The van der Waals surface area contributed by atoms with Gasteiger partial charge >= 0.3 is 0 Å². The molecule has 1 rings (SSSR count). The fraction of sp³-hybridized carbons (Fsp3) is 0.500. The van der Waals surface area contributed by atoms with Gasteiger partial charge < -0.3 is 10.1 Å². The van der Waals surface area contributed by atoms with Gasteiger partial charge in [0.25, 0.3) is 5.69 Å². The maximum Gasteiger partial charge on any atom is 0.275 e. The number of hydrogen-bond donors (Lipinski definition) is 1. The van der Waals surface area contributed by atoms with Crippen LogP contribution in [-0.2, 0) is 0 Å². The molecule has 1 unspecified atom stereocenters. The van der Waals surface area contributed by atoms with E-state index in [-0.39, 0.29) is 5.69 Å². The molecule has 17 heavy (non-hydrogen) atoms. The molecule has 1 atom stereocenters. The van der Waals surface area contributed by atoms with Crippen LogP contribution in [0.15, 0.2) is 18.2 Å². The Balaban J connectivity index is 2.83.